The molecule has 0 amide bonds. The van der Waals surface area contributed by atoms with Crippen LogP contribution < -0.4 is 5.32 Å². The van der Waals surface area contributed by atoms with Crippen molar-refractivity contribution in [3.05, 3.63) is 51.7 Å². The molecule has 2 aromatic rings. The highest BCUT2D eigenvalue weighted by Gasteiger charge is 2.02. The molecule has 17 heavy (non-hydrogen) atoms. The van der Waals surface area contributed by atoms with E-state index in [0.29, 0.717) is 18.7 Å². The smallest absolute Gasteiger partial charge is 0.127 e. The molecule has 0 fully saturated rings. The zero-order valence-corrected chi connectivity index (χ0v) is 10.6. The number of nitrogens with one attached hydrogen (secondary N) is 1. The van der Waals surface area contributed by atoms with Crippen LogP contribution >= 0.6 is 11.3 Å². The van der Waals surface area contributed by atoms with Gasteiger partial charge in [0.15, 0.2) is 0 Å². The standard InChI is InChI=1S/C13H15FN2S/c1-2-11-8-16-13(17-11)9-15-7-10-5-3-4-6-12(10)14/h3-6,8,15H,2,7,9H2,1H3. The summed E-state index contributed by atoms with van der Waals surface area (Å²) in [7, 11) is 0. The van der Waals surface area contributed by atoms with E-state index in [1.54, 1.807) is 23.5 Å². The zero-order valence-electron chi connectivity index (χ0n) is 9.74. The van der Waals surface area contributed by atoms with Crippen molar-refractivity contribution in [2.45, 2.75) is 26.4 Å². The fourth-order valence-electron chi connectivity index (χ4n) is 1.54. The molecule has 0 radical (unpaired) electrons. The maximum Gasteiger partial charge on any atom is 0.127 e. The Bertz CT molecular complexity index is 482. The summed E-state index contributed by atoms with van der Waals surface area (Å²) in [6.45, 7) is 3.34. The molecule has 1 N–H and O–H groups in total. The van der Waals surface area contributed by atoms with Gasteiger partial charge in [0.05, 0.1) is 0 Å². The second kappa shape index (κ2) is 5.89. The minimum Gasteiger partial charge on any atom is -0.306 e. The third kappa shape index (κ3) is 3.35. The minimum absolute atomic E-state index is 0.159. The first-order chi connectivity index (χ1) is 8.29. The van der Waals surface area contributed by atoms with Crippen LogP contribution in [0.15, 0.2) is 30.5 Å². The third-order valence-electron chi connectivity index (χ3n) is 2.50. The van der Waals surface area contributed by atoms with E-state index in [-0.39, 0.29) is 5.82 Å². The van der Waals surface area contributed by atoms with Gasteiger partial charge in [0.1, 0.15) is 10.8 Å². The first-order valence-electron chi connectivity index (χ1n) is 5.67. The summed E-state index contributed by atoms with van der Waals surface area (Å²) in [5, 5.41) is 4.26. The summed E-state index contributed by atoms with van der Waals surface area (Å²) >= 11 is 1.70. The van der Waals surface area contributed by atoms with Crippen molar-refractivity contribution in [3.8, 4) is 0 Å². The zero-order chi connectivity index (χ0) is 12.1. The fourth-order valence-corrected chi connectivity index (χ4v) is 2.37. The predicted molar refractivity (Wildman–Crippen MR) is 68.4 cm³/mol. The molecule has 2 rings (SSSR count). The number of thiazole rings is 1. The van der Waals surface area contributed by atoms with E-state index < -0.39 is 0 Å². The van der Waals surface area contributed by atoms with Crippen LogP contribution in [-0.4, -0.2) is 4.98 Å². The average Bonchev–Trinajstić information content (AvgIpc) is 2.80. The lowest BCUT2D eigenvalue weighted by atomic mass is 10.2. The van der Waals surface area contributed by atoms with Crippen LogP contribution in [0, 0.1) is 5.82 Å². The molecular formula is C13H15FN2S. The lowest BCUT2D eigenvalue weighted by Crippen LogP contribution is -2.13. The Labute approximate surface area is 105 Å². The molecule has 4 heteroatoms. The molecule has 1 aromatic heterocycles. The van der Waals surface area contributed by atoms with Crippen LogP contribution in [-0.2, 0) is 19.5 Å². The van der Waals surface area contributed by atoms with Gasteiger partial charge in [-0.05, 0) is 12.5 Å². The largest absolute Gasteiger partial charge is 0.306 e. The number of nitrogens with zero attached hydrogens (tertiary/aromatic N) is 1. The molecule has 0 spiro atoms. The van der Waals surface area contributed by atoms with E-state index in [9.17, 15) is 4.39 Å². The van der Waals surface area contributed by atoms with Crippen molar-refractivity contribution in [2.75, 3.05) is 0 Å². The first kappa shape index (κ1) is 12.2. The second-order valence-electron chi connectivity index (χ2n) is 3.77. The number of rotatable bonds is 5. The van der Waals surface area contributed by atoms with E-state index >= 15 is 0 Å². The predicted octanol–water partition coefficient (Wildman–Crippen LogP) is 3.13. The Kier molecular flexibility index (Phi) is 4.23. The van der Waals surface area contributed by atoms with Gasteiger partial charge in [-0.2, -0.15) is 0 Å². The highest BCUT2D eigenvalue weighted by Crippen LogP contribution is 2.13. The van der Waals surface area contributed by atoms with Gasteiger partial charge >= 0.3 is 0 Å². The van der Waals surface area contributed by atoms with Crippen LogP contribution in [0.25, 0.3) is 0 Å². The van der Waals surface area contributed by atoms with Gasteiger partial charge in [0, 0.05) is 29.7 Å². The Balaban J connectivity index is 1.85. The molecule has 0 saturated heterocycles. The van der Waals surface area contributed by atoms with E-state index in [4.69, 9.17) is 0 Å². The maximum atomic E-state index is 13.3. The van der Waals surface area contributed by atoms with Crippen LogP contribution in [0.1, 0.15) is 22.4 Å². The molecule has 2 nitrogen and oxygen atoms in total. The van der Waals surface area contributed by atoms with Crippen molar-refractivity contribution in [1.29, 1.82) is 0 Å². The highest BCUT2D eigenvalue weighted by molar-refractivity contribution is 7.11. The fraction of sp³-hybridized carbons (Fsp3) is 0.308. The van der Waals surface area contributed by atoms with Gasteiger partial charge in [-0.15, -0.1) is 11.3 Å². The van der Waals surface area contributed by atoms with Gasteiger partial charge in [0.2, 0.25) is 0 Å². The first-order valence-corrected chi connectivity index (χ1v) is 6.49. The van der Waals surface area contributed by atoms with Crippen LogP contribution in [0.4, 0.5) is 4.39 Å². The SMILES string of the molecule is CCc1cnc(CNCc2ccccc2F)s1. The van der Waals surface area contributed by atoms with Crippen molar-refractivity contribution in [3.63, 3.8) is 0 Å². The number of hydrogen-bond donors (Lipinski definition) is 1. The minimum atomic E-state index is -0.159. The Morgan fingerprint density at radius 1 is 1.29 bits per heavy atom. The topological polar surface area (TPSA) is 24.9 Å². The summed E-state index contributed by atoms with van der Waals surface area (Å²) < 4.78 is 13.3. The lowest BCUT2D eigenvalue weighted by Gasteiger charge is -2.03. The van der Waals surface area contributed by atoms with E-state index in [2.05, 4.69) is 17.2 Å². The van der Waals surface area contributed by atoms with E-state index in [1.165, 1.54) is 10.9 Å². The number of aromatic nitrogens is 1. The molecule has 0 saturated carbocycles. The number of aryl methyl sites for hydroxylation is 1. The molecule has 0 unspecified atom stereocenters. The Hall–Kier alpha value is -1.26. The average molecular weight is 250 g/mol. The highest BCUT2D eigenvalue weighted by atomic mass is 32.1. The van der Waals surface area contributed by atoms with Gasteiger partial charge in [0.25, 0.3) is 0 Å². The molecule has 0 bridgehead atoms. The molecule has 0 aliphatic heterocycles. The monoisotopic (exact) mass is 250 g/mol. The Morgan fingerprint density at radius 2 is 2.12 bits per heavy atom. The van der Waals surface area contributed by atoms with Gasteiger partial charge in [-0.1, -0.05) is 25.1 Å². The Morgan fingerprint density at radius 3 is 2.82 bits per heavy atom. The van der Waals surface area contributed by atoms with E-state index in [1.807, 2.05) is 12.3 Å². The summed E-state index contributed by atoms with van der Waals surface area (Å²) in [6, 6.07) is 6.82. The summed E-state index contributed by atoms with van der Waals surface area (Å²) in [6.07, 6.45) is 2.93. The second-order valence-corrected chi connectivity index (χ2v) is 4.97. The third-order valence-corrected chi connectivity index (χ3v) is 3.64. The number of halogens is 1. The van der Waals surface area contributed by atoms with Crippen LogP contribution in [0.3, 0.4) is 0 Å². The molecule has 0 aliphatic rings. The van der Waals surface area contributed by atoms with Gasteiger partial charge in [-0.3, -0.25) is 0 Å². The normalized spacial score (nSPS) is 10.7. The summed E-state index contributed by atoms with van der Waals surface area (Å²) in [4.78, 5) is 5.59. The molecule has 1 heterocycles. The summed E-state index contributed by atoms with van der Waals surface area (Å²) in [5.41, 5.74) is 0.694. The van der Waals surface area contributed by atoms with Gasteiger partial charge in [-0.25, -0.2) is 9.37 Å². The van der Waals surface area contributed by atoms with Crippen LogP contribution in [0.5, 0.6) is 0 Å². The molecule has 1 aromatic carbocycles. The molecule has 90 valence electrons. The van der Waals surface area contributed by atoms with E-state index in [0.717, 1.165) is 11.4 Å². The van der Waals surface area contributed by atoms with Crippen LogP contribution in [0.2, 0.25) is 0 Å². The van der Waals surface area contributed by atoms with Gasteiger partial charge < -0.3 is 5.32 Å². The molecule has 0 aliphatic carbocycles. The van der Waals surface area contributed by atoms with Crippen molar-refractivity contribution >= 4 is 11.3 Å². The van der Waals surface area contributed by atoms with Crippen molar-refractivity contribution in [2.24, 2.45) is 0 Å². The molecular weight excluding hydrogens is 235 g/mol. The maximum absolute atomic E-state index is 13.3. The molecule has 0 atom stereocenters. The van der Waals surface area contributed by atoms with Crippen molar-refractivity contribution in [1.82, 2.24) is 10.3 Å². The van der Waals surface area contributed by atoms with Crippen molar-refractivity contribution < 1.29 is 4.39 Å². The quantitative estimate of drug-likeness (QED) is 0.882. The number of hydrogen-bond acceptors (Lipinski definition) is 3. The summed E-state index contributed by atoms with van der Waals surface area (Å²) in [5.74, 6) is -0.159. The number of benzene rings is 1. The lowest BCUT2D eigenvalue weighted by molar-refractivity contribution is 0.587.